The van der Waals surface area contributed by atoms with Crippen LogP contribution in [-0.4, -0.2) is 48.3 Å². The van der Waals surface area contributed by atoms with Gasteiger partial charge in [0.2, 0.25) is 0 Å². The van der Waals surface area contributed by atoms with Crippen molar-refractivity contribution in [3.05, 3.63) is 0 Å². The summed E-state index contributed by atoms with van der Waals surface area (Å²) in [7, 11) is 2.04. The number of nitrogens with zero attached hydrogens (tertiary/aromatic N) is 1. The van der Waals surface area contributed by atoms with Gasteiger partial charge in [-0.15, -0.1) is 0 Å². The summed E-state index contributed by atoms with van der Waals surface area (Å²) < 4.78 is 0. The van der Waals surface area contributed by atoms with Gasteiger partial charge in [0.1, 0.15) is 0 Å². The fourth-order valence-electron chi connectivity index (χ4n) is 2.89. The van der Waals surface area contributed by atoms with E-state index < -0.39 is 0 Å². The van der Waals surface area contributed by atoms with Gasteiger partial charge in [-0.05, 0) is 45.7 Å². The van der Waals surface area contributed by atoms with Crippen molar-refractivity contribution in [1.29, 1.82) is 0 Å². The van der Waals surface area contributed by atoms with E-state index in [9.17, 15) is 5.11 Å². The highest BCUT2D eigenvalue weighted by Crippen LogP contribution is 2.26. The molecular weight excluding hydrogens is 176 g/mol. The Kier molecular flexibility index (Phi) is 3.42. The zero-order valence-electron chi connectivity index (χ0n) is 9.08. The van der Waals surface area contributed by atoms with Gasteiger partial charge in [0.25, 0.3) is 0 Å². The number of rotatable bonds is 2. The Morgan fingerprint density at radius 2 is 2.07 bits per heavy atom. The minimum absolute atomic E-state index is 0.0643. The molecule has 1 saturated heterocycles. The molecule has 0 spiro atoms. The average molecular weight is 198 g/mol. The lowest BCUT2D eigenvalue weighted by Gasteiger charge is -2.37. The van der Waals surface area contributed by atoms with Crippen molar-refractivity contribution in [2.75, 3.05) is 20.1 Å². The number of hydrogen-bond acceptors (Lipinski definition) is 3. The monoisotopic (exact) mass is 198 g/mol. The average Bonchev–Trinajstić information content (AvgIpc) is 2.65. The SMILES string of the molecule is CNC1CCCN(C2CCCC2O)C1. The Hall–Kier alpha value is -0.120. The standard InChI is InChI=1S/C11H22N2O/c1-12-9-4-3-7-13(8-9)10-5-2-6-11(10)14/h9-12,14H,2-8H2,1H3. The van der Waals surface area contributed by atoms with Crippen molar-refractivity contribution in [2.45, 2.75) is 50.3 Å². The topological polar surface area (TPSA) is 35.5 Å². The van der Waals surface area contributed by atoms with Crippen LogP contribution < -0.4 is 5.32 Å². The highest BCUT2D eigenvalue weighted by molar-refractivity contribution is 4.89. The predicted molar refractivity (Wildman–Crippen MR) is 57.3 cm³/mol. The minimum atomic E-state index is -0.0643. The van der Waals surface area contributed by atoms with Gasteiger partial charge >= 0.3 is 0 Å². The van der Waals surface area contributed by atoms with E-state index in [2.05, 4.69) is 10.2 Å². The largest absolute Gasteiger partial charge is 0.391 e. The molecule has 1 saturated carbocycles. The van der Waals surface area contributed by atoms with Gasteiger partial charge in [-0.3, -0.25) is 4.90 Å². The molecule has 1 aliphatic heterocycles. The molecule has 2 aliphatic rings. The molecule has 2 rings (SSSR count). The molecule has 0 aromatic rings. The van der Waals surface area contributed by atoms with Crippen molar-refractivity contribution in [1.82, 2.24) is 10.2 Å². The third kappa shape index (κ3) is 2.10. The van der Waals surface area contributed by atoms with Crippen LogP contribution in [0.15, 0.2) is 0 Å². The second-order valence-electron chi connectivity index (χ2n) is 4.69. The number of likely N-dealkylation sites (N-methyl/N-ethyl adjacent to an activating group) is 1. The first-order chi connectivity index (χ1) is 6.81. The lowest BCUT2D eigenvalue weighted by molar-refractivity contribution is 0.0508. The molecule has 3 unspecified atom stereocenters. The van der Waals surface area contributed by atoms with Gasteiger partial charge in [0.15, 0.2) is 0 Å². The Morgan fingerprint density at radius 1 is 1.21 bits per heavy atom. The molecule has 3 nitrogen and oxygen atoms in total. The number of nitrogens with one attached hydrogen (secondary N) is 1. The number of aliphatic hydroxyl groups is 1. The lowest BCUT2D eigenvalue weighted by atomic mass is 10.0. The summed E-state index contributed by atoms with van der Waals surface area (Å²) in [4.78, 5) is 2.49. The van der Waals surface area contributed by atoms with Gasteiger partial charge in [-0.2, -0.15) is 0 Å². The van der Waals surface area contributed by atoms with E-state index in [0.29, 0.717) is 12.1 Å². The van der Waals surface area contributed by atoms with Gasteiger partial charge in [0.05, 0.1) is 6.10 Å². The van der Waals surface area contributed by atoms with Crippen LogP contribution in [0, 0.1) is 0 Å². The molecule has 0 amide bonds. The molecule has 2 fully saturated rings. The summed E-state index contributed by atoms with van der Waals surface area (Å²) in [6, 6.07) is 1.09. The third-order valence-corrected chi connectivity index (χ3v) is 3.77. The number of piperidine rings is 1. The molecule has 3 heteroatoms. The molecule has 1 heterocycles. The first-order valence-electron chi connectivity index (χ1n) is 5.90. The van der Waals surface area contributed by atoms with Gasteiger partial charge in [0, 0.05) is 18.6 Å². The van der Waals surface area contributed by atoms with Gasteiger partial charge < -0.3 is 10.4 Å². The van der Waals surface area contributed by atoms with Crippen LogP contribution in [0.4, 0.5) is 0 Å². The van der Waals surface area contributed by atoms with Crippen molar-refractivity contribution in [3.63, 3.8) is 0 Å². The Labute approximate surface area is 86.5 Å². The fourth-order valence-corrected chi connectivity index (χ4v) is 2.89. The summed E-state index contributed by atoms with van der Waals surface area (Å²) >= 11 is 0. The van der Waals surface area contributed by atoms with Gasteiger partial charge in [-0.25, -0.2) is 0 Å². The maximum Gasteiger partial charge on any atom is 0.0695 e. The van der Waals surface area contributed by atoms with Crippen molar-refractivity contribution < 1.29 is 5.11 Å². The van der Waals surface area contributed by atoms with Crippen molar-refractivity contribution in [2.24, 2.45) is 0 Å². The van der Waals surface area contributed by atoms with E-state index in [-0.39, 0.29) is 6.10 Å². The molecule has 0 aromatic heterocycles. The number of hydrogen-bond donors (Lipinski definition) is 2. The number of likely N-dealkylation sites (tertiary alicyclic amines) is 1. The van der Waals surface area contributed by atoms with Crippen LogP contribution in [0.1, 0.15) is 32.1 Å². The maximum absolute atomic E-state index is 9.84. The fraction of sp³-hybridized carbons (Fsp3) is 1.00. The molecule has 1 aliphatic carbocycles. The summed E-state index contributed by atoms with van der Waals surface area (Å²) in [6.07, 6.45) is 5.89. The van der Waals surface area contributed by atoms with Crippen molar-refractivity contribution in [3.8, 4) is 0 Å². The maximum atomic E-state index is 9.84. The van der Waals surface area contributed by atoms with Crippen LogP contribution in [-0.2, 0) is 0 Å². The van der Waals surface area contributed by atoms with E-state index in [4.69, 9.17) is 0 Å². The van der Waals surface area contributed by atoms with Crippen LogP contribution in [0.5, 0.6) is 0 Å². The van der Waals surface area contributed by atoms with E-state index in [0.717, 1.165) is 13.0 Å². The van der Waals surface area contributed by atoms with Crippen LogP contribution >= 0.6 is 0 Å². The Bertz CT molecular complexity index is 186. The first kappa shape index (κ1) is 10.4. The van der Waals surface area contributed by atoms with Crippen LogP contribution in [0.3, 0.4) is 0 Å². The van der Waals surface area contributed by atoms with Crippen LogP contribution in [0.2, 0.25) is 0 Å². The predicted octanol–water partition coefficient (Wildman–Crippen LogP) is 0.584. The molecule has 14 heavy (non-hydrogen) atoms. The Balaban J connectivity index is 1.90. The lowest BCUT2D eigenvalue weighted by Crippen LogP contribution is -2.50. The zero-order valence-corrected chi connectivity index (χ0v) is 9.08. The molecule has 0 aromatic carbocycles. The minimum Gasteiger partial charge on any atom is -0.391 e. The second-order valence-corrected chi connectivity index (χ2v) is 4.69. The van der Waals surface area contributed by atoms with Crippen LogP contribution in [0.25, 0.3) is 0 Å². The molecule has 82 valence electrons. The quantitative estimate of drug-likeness (QED) is 0.681. The van der Waals surface area contributed by atoms with E-state index in [1.807, 2.05) is 7.05 Å². The third-order valence-electron chi connectivity index (χ3n) is 3.77. The summed E-state index contributed by atoms with van der Waals surface area (Å²) in [5, 5.41) is 13.2. The normalized spacial score (nSPS) is 40.3. The summed E-state index contributed by atoms with van der Waals surface area (Å²) in [6.45, 7) is 2.30. The molecule has 0 radical (unpaired) electrons. The molecular formula is C11H22N2O. The molecule has 2 N–H and O–H groups in total. The zero-order chi connectivity index (χ0) is 9.97. The van der Waals surface area contributed by atoms with E-state index >= 15 is 0 Å². The van der Waals surface area contributed by atoms with Gasteiger partial charge in [-0.1, -0.05) is 0 Å². The van der Waals surface area contributed by atoms with E-state index in [1.165, 1.54) is 32.2 Å². The number of aliphatic hydroxyl groups excluding tert-OH is 1. The summed E-state index contributed by atoms with van der Waals surface area (Å²) in [5.41, 5.74) is 0. The first-order valence-corrected chi connectivity index (χ1v) is 5.90. The Morgan fingerprint density at radius 3 is 2.71 bits per heavy atom. The highest BCUT2D eigenvalue weighted by atomic mass is 16.3. The smallest absolute Gasteiger partial charge is 0.0695 e. The van der Waals surface area contributed by atoms with E-state index in [1.54, 1.807) is 0 Å². The molecule has 3 atom stereocenters. The highest BCUT2D eigenvalue weighted by Gasteiger charge is 2.32. The molecule has 0 bridgehead atoms. The summed E-state index contributed by atoms with van der Waals surface area (Å²) in [5.74, 6) is 0. The second kappa shape index (κ2) is 4.60. The van der Waals surface area contributed by atoms with Crippen molar-refractivity contribution >= 4 is 0 Å².